The van der Waals surface area contributed by atoms with E-state index in [0.29, 0.717) is 6.54 Å². The number of hydrogen-bond acceptors (Lipinski definition) is 5. The molecule has 1 amide bonds. The fourth-order valence-electron chi connectivity index (χ4n) is 2.34. The van der Waals surface area contributed by atoms with Gasteiger partial charge in [-0.05, 0) is 18.1 Å². The van der Waals surface area contributed by atoms with Crippen molar-refractivity contribution < 1.29 is 24.2 Å². The predicted octanol–water partition coefficient (Wildman–Crippen LogP) is 0.498. The van der Waals surface area contributed by atoms with E-state index < -0.39 is 18.2 Å². The number of nitrogens with zero attached hydrogens (tertiary/aromatic N) is 1. The molecule has 0 unspecified atom stereocenters. The molecule has 112 valence electrons. The standard InChI is InChI=1S/C14H21NO5/c1-9(2)6-15(14(18)12-4-3-5-20-12)10-7-19-8-11(16)13(10)17/h3-5,9-11,13,16-17H,6-8H2,1-2H3/t10-,11-,13+/m1/s1. The Morgan fingerprint density at radius 3 is 2.80 bits per heavy atom. The molecule has 2 heterocycles. The Morgan fingerprint density at radius 2 is 2.20 bits per heavy atom. The van der Waals surface area contributed by atoms with Gasteiger partial charge in [0.15, 0.2) is 5.76 Å². The third kappa shape index (κ3) is 3.20. The van der Waals surface area contributed by atoms with Gasteiger partial charge in [0.2, 0.25) is 0 Å². The molecule has 0 aromatic carbocycles. The molecule has 6 heteroatoms. The van der Waals surface area contributed by atoms with E-state index in [4.69, 9.17) is 9.15 Å². The van der Waals surface area contributed by atoms with Crippen molar-refractivity contribution in [1.29, 1.82) is 0 Å². The first-order valence-electron chi connectivity index (χ1n) is 6.79. The molecule has 3 atom stereocenters. The summed E-state index contributed by atoms with van der Waals surface area (Å²) in [5, 5.41) is 19.8. The van der Waals surface area contributed by atoms with Crippen LogP contribution in [-0.4, -0.2) is 59.0 Å². The van der Waals surface area contributed by atoms with Crippen LogP contribution in [0.25, 0.3) is 0 Å². The minimum atomic E-state index is -1.01. The molecule has 1 fully saturated rings. The first-order chi connectivity index (χ1) is 9.50. The van der Waals surface area contributed by atoms with E-state index in [1.54, 1.807) is 12.1 Å². The molecule has 0 bridgehead atoms. The van der Waals surface area contributed by atoms with Crippen molar-refractivity contribution in [3.63, 3.8) is 0 Å². The number of carbonyl (C=O) groups excluding carboxylic acids is 1. The molecule has 0 saturated carbocycles. The van der Waals surface area contributed by atoms with Gasteiger partial charge in [0.1, 0.15) is 12.2 Å². The lowest BCUT2D eigenvalue weighted by molar-refractivity contribution is -0.126. The number of furan rings is 1. The molecule has 1 aromatic rings. The third-order valence-corrected chi connectivity index (χ3v) is 3.32. The van der Waals surface area contributed by atoms with Crippen LogP contribution in [0.3, 0.4) is 0 Å². The van der Waals surface area contributed by atoms with E-state index >= 15 is 0 Å². The Hall–Kier alpha value is -1.37. The molecular formula is C14H21NO5. The van der Waals surface area contributed by atoms with E-state index in [-0.39, 0.29) is 30.8 Å². The lowest BCUT2D eigenvalue weighted by Gasteiger charge is -2.39. The van der Waals surface area contributed by atoms with Gasteiger partial charge in [0, 0.05) is 6.54 Å². The van der Waals surface area contributed by atoms with Gasteiger partial charge < -0.3 is 24.3 Å². The summed E-state index contributed by atoms with van der Waals surface area (Å²) in [5.41, 5.74) is 0. The molecule has 2 rings (SSSR count). The van der Waals surface area contributed by atoms with Gasteiger partial charge in [0.05, 0.1) is 25.5 Å². The zero-order valence-corrected chi connectivity index (χ0v) is 11.7. The van der Waals surface area contributed by atoms with Crippen LogP contribution in [0.15, 0.2) is 22.8 Å². The monoisotopic (exact) mass is 283 g/mol. The van der Waals surface area contributed by atoms with Crippen LogP contribution in [0.5, 0.6) is 0 Å². The van der Waals surface area contributed by atoms with Crippen LogP contribution in [0, 0.1) is 5.92 Å². The average molecular weight is 283 g/mol. The minimum Gasteiger partial charge on any atom is -0.459 e. The van der Waals surface area contributed by atoms with Crippen molar-refractivity contribution in [2.24, 2.45) is 5.92 Å². The van der Waals surface area contributed by atoms with Gasteiger partial charge in [-0.15, -0.1) is 0 Å². The molecule has 1 aromatic heterocycles. The summed E-state index contributed by atoms with van der Waals surface area (Å²) in [7, 11) is 0. The zero-order chi connectivity index (χ0) is 14.7. The van der Waals surface area contributed by atoms with Gasteiger partial charge in [0.25, 0.3) is 5.91 Å². The third-order valence-electron chi connectivity index (χ3n) is 3.32. The second kappa shape index (κ2) is 6.39. The Bertz CT molecular complexity index is 431. The molecular weight excluding hydrogens is 262 g/mol. The Balaban J connectivity index is 2.20. The van der Waals surface area contributed by atoms with Crippen LogP contribution in [0.4, 0.5) is 0 Å². The number of rotatable bonds is 4. The van der Waals surface area contributed by atoms with Crippen LogP contribution >= 0.6 is 0 Å². The SMILES string of the molecule is CC(C)CN(C(=O)c1ccco1)[C@@H]1COC[C@@H](O)[C@H]1O. The van der Waals surface area contributed by atoms with E-state index in [2.05, 4.69) is 0 Å². The molecule has 0 spiro atoms. The number of amides is 1. The van der Waals surface area contributed by atoms with Gasteiger partial charge >= 0.3 is 0 Å². The smallest absolute Gasteiger partial charge is 0.289 e. The largest absolute Gasteiger partial charge is 0.459 e. The maximum atomic E-state index is 12.5. The molecule has 0 radical (unpaired) electrons. The summed E-state index contributed by atoms with van der Waals surface area (Å²) < 4.78 is 10.4. The minimum absolute atomic E-state index is 0.0854. The van der Waals surface area contributed by atoms with Crippen molar-refractivity contribution >= 4 is 5.91 Å². The van der Waals surface area contributed by atoms with Crippen molar-refractivity contribution in [3.05, 3.63) is 24.2 Å². The van der Waals surface area contributed by atoms with Gasteiger partial charge in [-0.1, -0.05) is 13.8 Å². The van der Waals surface area contributed by atoms with E-state index in [9.17, 15) is 15.0 Å². The number of carbonyl (C=O) groups is 1. The number of aliphatic hydroxyl groups excluding tert-OH is 2. The van der Waals surface area contributed by atoms with Gasteiger partial charge in [-0.3, -0.25) is 4.79 Å². The van der Waals surface area contributed by atoms with Crippen molar-refractivity contribution in [1.82, 2.24) is 4.90 Å². The Morgan fingerprint density at radius 1 is 1.45 bits per heavy atom. The molecule has 1 saturated heterocycles. The van der Waals surface area contributed by atoms with E-state index in [0.717, 1.165) is 0 Å². The quantitative estimate of drug-likeness (QED) is 0.840. The average Bonchev–Trinajstić information content (AvgIpc) is 2.92. The number of ether oxygens (including phenoxy) is 1. The number of aliphatic hydroxyl groups is 2. The van der Waals surface area contributed by atoms with Gasteiger partial charge in [-0.2, -0.15) is 0 Å². The van der Waals surface area contributed by atoms with E-state index in [1.807, 2.05) is 13.8 Å². The highest BCUT2D eigenvalue weighted by molar-refractivity contribution is 5.91. The first kappa shape index (κ1) is 15.0. The fourth-order valence-corrected chi connectivity index (χ4v) is 2.34. The van der Waals surface area contributed by atoms with Crippen LogP contribution < -0.4 is 0 Å². The van der Waals surface area contributed by atoms with Gasteiger partial charge in [-0.25, -0.2) is 0 Å². The van der Waals surface area contributed by atoms with Crippen LogP contribution in [0.1, 0.15) is 24.4 Å². The van der Waals surface area contributed by atoms with Crippen LogP contribution in [-0.2, 0) is 4.74 Å². The summed E-state index contributed by atoms with van der Waals surface area (Å²) in [6, 6.07) is 2.66. The zero-order valence-electron chi connectivity index (χ0n) is 11.7. The maximum absolute atomic E-state index is 12.5. The molecule has 6 nitrogen and oxygen atoms in total. The summed E-state index contributed by atoms with van der Waals surface area (Å²) in [6.45, 7) is 4.71. The molecule has 0 aliphatic carbocycles. The summed E-state index contributed by atoms with van der Waals surface area (Å²) >= 11 is 0. The van der Waals surface area contributed by atoms with Crippen LogP contribution in [0.2, 0.25) is 0 Å². The highest BCUT2D eigenvalue weighted by atomic mass is 16.5. The normalized spacial score (nSPS) is 26.8. The highest BCUT2D eigenvalue weighted by Crippen LogP contribution is 2.19. The topological polar surface area (TPSA) is 83.1 Å². The fraction of sp³-hybridized carbons (Fsp3) is 0.643. The number of hydrogen-bond donors (Lipinski definition) is 2. The summed E-state index contributed by atoms with van der Waals surface area (Å²) in [6.07, 6.45) is -0.557. The Labute approximate surface area is 117 Å². The van der Waals surface area contributed by atoms with Crippen molar-refractivity contribution in [3.8, 4) is 0 Å². The summed E-state index contributed by atoms with van der Waals surface area (Å²) in [5.74, 6) is 0.142. The first-order valence-corrected chi connectivity index (χ1v) is 6.79. The lowest BCUT2D eigenvalue weighted by atomic mass is 10.0. The molecule has 2 N–H and O–H groups in total. The molecule has 20 heavy (non-hydrogen) atoms. The molecule has 1 aliphatic rings. The van der Waals surface area contributed by atoms with Crippen molar-refractivity contribution in [2.45, 2.75) is 32.1 Å². The second-order valence-electron chi connectivity index (χ2n) is 5.49. The maximum Gasteiger partial charge on any atom is 0.289 e. The predicted molar refractivity (Wildman–Crippen MR) is 71.2 cm³/mol. The Kier molecular flexibility index (Phi) is 4.80. The van der Waals surface area contributed by atoms with E-state index in [1.165, 1.54) is 11.2 Å². The molecule has 1 aliphatic heterocycles. The second-order valence-corrected chi connectivity index (χ2v) is 5.49. The lowest BCUT2D eigenvalue weighted by Crippen LogP contribution is -2.58. The summed E-state index contributed by atoms with van der Waals surface area (Å²) in [4.78, 5) is 14.0. The van der Waals surface area contributed by atoms with Crippen molar-refractivity contribution in [2.75, 3.05) is 19.8 Å². The highest BCUT2D eigenvalue weighted by Gasteiger charge is 2.38.